The van der Waals surface area contributed by atoms with E-state index in [1.165, 1.54) is 0 Å². The fourth-order valence-corrected chi connectivity index (χ4v) is 4.59. The van der Waals surface area contributed by atoms with Crippen LogP contribution in [0.5, 0.6) is 0 Å². The van der Waals surface area contributed by atoms with Crippen LogP contribution >= 0.6 is 11.6 Å². The number of nitrogens with zero attached hydrogens (tertiary/aromatic N) is 1. The number of hydrogen-bond donors (Lipinski definition) is 2. The Labute approximate surface area is 166 Å². The third-order valence-electron chi connectivity index (χ3n) is 5.46. The molecule has 6 heteroatoms. The normalized spacial score (nSPS) is 25.3. The van der Waals surface area contributed by atoms with Crippen molar-refractivity contribution in [1.29, 1.82) is 0 Å². The lowest BCUT2D eigenvalue weighted by molar-refractivity contribution is -0.125. The molecule has 2 fully saturated rings. The molecule has 0 radical (unpaired) electrons. The van der Waals surface area contributed by atoms with E-state index in [4.69, 9.17) is 11.6 Å². The molecular formula is C21H30ClN3O2. The Morgan fingerprint density at radius 1 is 1.19 bits per heavy atom. The van der Waals surface area contributed by atoms with Crippen LogP contribution in [0.2, 0.25) is 5.02 Å². The van der Waals surface area contributed by atoms with Crippen LogP contribution < -0.4 is 10.6 Å². The molecule has 0 aromatic heterocycles. The van der Waals surface area contributed by atoms with Crippen molar-refractivity contribution in [2.24, 2.45) is 5.92 Å². The Balaban J connectivity index is 1.50. The number of piperidine rings is 1. The SMILES string of the molecule is CC(C)(C)NC(=O)CN1[C@@H]2CC[C@H]1C[C@H](CNC(=O)c1cccc(Cl)c1)C2. The minimum Gasteiger partial charge on any atom is -0.352 e. The van der Waals surface area contributed by atoms with Gasteiger partial charge in [0.2, 0.25) is 5.91 Å². The predicted octanol–water partition coefficient (Wildman–Crippen LogP) is 3.23. The average Bonchev–Trinajstić information content (AvgIpc) is 2.80. The molecule has 148 valence electrons. The van der Waals surface area contributed by atoms with Crippen molar-refractivity contribution in [1.82, 2.24) is 15.5 Å². The first-order valence-electron chi connectivity index (χ1n) is 9.82. The molecule has 2 saturated heterocycles. The summed E-state index contributed by atoms with van der Waals surface area (Å²) in [6.45, 7) is 7.19. The summed E-state index contributed by atoms with van der Waals surface area (Å²) in [5.74, 6) is 0.497. The number of carbonyl (C=O) groups excluding carboxylic acids is 2. The summed E-state index contributed by atoms with van der Waals surface area (Å²) in [6, 6.07) is 7.92. The summed E-state index contributed by atoms with van der Waals surface area (Å²) >= 11 is 5.96. The molecule has 0 unspecified atom stereocenters. The van der Waals surface area contributed by atoms with Crippen molar-refractivity contribution in [3.8, 4) is 0 Å². The van der Waals surface area contributed by atoms with E-state index >= 15 is 0 Å². The van der Waals surface area contributed by atoms with Crippen LogP contribution in [-0.4, -0.2) is 47.4 Å². The van der Waals surface area contributed by atoms with Gasteiger partial charge in [-0.05, 0) is 70.6 Å². The van der Waals surface area contributed by atoms with Gasteiger partial charge in [-0.1, -0.05) is 17.7 Å². The van der Waals surface area contributed by atoms with Crippen molar-refractivity contribution < 1.29 is 9.59 Å². The largest absolute Gasteiger partial charge is 0.352 e. The Hall–Kier alpha value is -1.59. The topological polar surface area (TPSA) is 61.4 Å². The third-order valence-corrected chi connectivity index (χ3v) is 5.70. The smallest absolute Gasteiger partial charge is 0.251 e. The second-order valence-electron chi connectivity index (χ2n) is 8.91. The molecule has 3 atom stereocenters. The number of benzene rings is 1. The van der Waals surface area contributed by atoms with Gasteiger partial charge in [-0.25, -0.2) is 0 Å². The van der Waals surface area contributed by atoms with E-state index in [0.29, 0.717) is 41.7 Å². The quantitative estimate of drug-likeness (QED) is 0.810. The molecule has 0 spiro atoms. The van der Waals surface area contributed by atoms with Crippen LogP contribution in [0, 0.1) is 5.92 Å². The van der Waals surface area contributed by atoms with Crippen molar-refractivity contribution in [3.05, 3.63) is 34.9 Å². The molecule has 2 N–H and O–H groups in total. The molecule has 5 nitrogen and oxygen atoms in total. The van der Waals surface area contributed by atoms with Crippen LogP contribution in [0.3, 0.4) is 0 Å². The van der Waals surface area contributed by atoms with E-state index < -0.39 is 0 Å². The summed E-state index contributed by atoms with van der Waals surface area (Å²) in [5.41, 5.74) is 0.403. The number of nitrogens with one attached hydrogen (secondary N) is 2. The number of amides is 2. The molecule has 3 rings (SSSR count). The second-order valence-corrected chi connectivity index (χ2v) is 9.35. The van der Waals surface area contributed by atoms with Gasteiger partial charge in [-0.2, -0.15) is 0 Å². The minimum atomic E-state index is -0.195. The summed E-state index contributed by atoms with van der Waals surface area (Å²) in [6.07, 6.45) is 4.36. The van der Waals surface area contributed by atoms with Gasteiger partial charge in [0.25, 0.3) is 5.91 Å². The van der Waals surface area contributed by atoms with Gasteiger partial charge < -0.3 is 10.6 Å². The van der Waals surface area contributed by atoms with Gasteiger partial charge in [0.05, 0.1) is 6.54 Å². The van der Waals surface area contributed by atoms with Crippen LogP contribution in [0.1, 0.15) is 56.8 Å². The van der Waals surface area contributed by atoms with Gasteiger partial charge in [0.1, 0.15) is 0 Å². The molecule has 1 aromatic carbocycles. The van der Waals surface area contributed by atoms with E-state index in [1.807, 2.05) is 20.8 Å². The monoisotopic (exact) mass is 391 g/mol. The third kappa shape index (κ3) is 5.45. The summed E-state index contributed by atoms with van der Waals surface area (Å²) in [4.78, 5) is 27.0. The maximum Gasteiger partial charge on any atom is 0.251 e. The molecule has 2 aliphatic rings. The molecular weight excluding hydrogens is 362 g/mol. The van der Waals surface area contributed by atoms with Crippen molar-refractivity contribution >= 4 is 23.4 Å². The Bertz CT molecular complexity index is 687. The van der Waals surface area contributed by atoms with Crippen LogP contribution in [-0.2, 0) is 4.79 Å². The highest BCUT2D eigenvalue weighted by atomic mass is 35.5. The van der Waals surface area contributed by atoms with Crippen molar-refractivity contribution in [2.75, 3.05) is 13.1 Å². The molecule has 0 aliphatic carbocycles. The number of hydrogen-bond acceptors (Lipinski definition) is 3. The standard InChI is InChI=1S/C21H30ClN3O2/c1-21(2,3)24-19(26)13-25-17-7-8-18(25)10-14(9-17)12-23-20(27)15-5-4-6-16(22)11-15/h4-6,11,14,17-18H,7-10,12-13H2,1-3H3,(H,23,27)(H,24,26)/t14-,17-,18+. The zero-order valence-electron chi connectivity index (χ0n) is 16.4. The number of carbonyl (C=O) groups is 2. The Kier molecular flexibility index (Phi) is 6.11. The summed E-state index contributed by atoms with van der Waals surface area (Å²) in [5, 5.41) is 6.69. The van der Waals surface area contributed by atoms with Gasteiger partial charge >= 0.3 is 0 Å². The van der Waals surface area contributed by atoms with E-state index in [1.54, 1.807) is 24.3 Å². The molecule has 2 heterocycles. The van der Waals surface area contributed by atoms with E-state index in [-0.39, 0.29) is 17.4 Å². The van der Waals surface area contributed by atoms with Crippen molar-refractivity contribution in [3.63, 3.8) is 0 Å². The second kappa shape index (κ2) is 8.19. The first-order chi connectivity index (χ1) is 12.7. The van der Waals surface area contributed by atoms with Crippen LogP contribution in [0.4, 0.5) is 0 Å². The predicted molar refractivity (Wildman–Crippen MR) is 108 cm³/mol. The highest BCUT2D eigenvalue weighted by molar-refractivity contribution is 6.30. The fraction of sp³-hybridized carbons (Fsp3) is 0.619. The Morgan fingerprint density at radius 2 is 1.85 bits per heavy atom. The van der Waals surface area contributed by atoms with Crippen LogP contribution in [0.25, 0.3) is 0 Å². The maximum absolute atomic E-state index is 12.3. The molecule has 1 aromatic rings. The van der Waals surface area contributed by atoms with Crippen LogP contribution in [0.15, 0.2) is 24.3 Å². The first-order valence-corrected chi connectivity index (χ1v) is 10.2. The fourth-order valence-electron chi connectivity index (χ4n) is 4.40. The summed E-state index contributed by atoms with van der Waals surface area (Å²) in [7, 11) is 0. The Morgan fingerprint density at radius 3 is 2.44 bits per heavy atom. The molecule has 0 saturated carbocycles. The maximum atomic E-state index is 12.3. The lowest BCUT2D eigenvalue weighted by Crippen LogP contribution is -2.52. The number of fused-ring (bicyclic) bond motifs is 2. The van der Waals surface area contributed by atoms with E-state index in [0.717, 1.165) is 25.7 Å². The lowest BCUT2D eigenvalue weighted by atomic mass is 9.90. The number of halogens is 1. The lowest BCUT2D eigenvalue weighted by Gasteiger charge is -2.39. The van der Waals surface area contributed by atoms with Crippen molar-refractivity contribution in [2.45, 2.75) is 64.1 Å². The molecule has 2 bridgehead atoms. The summed E-state index contributed by atoms with van der Waals surface area (Å²) < 4.78 is 0. The molecule has 2 amide bonds. The average molecular weight is 392 g/mol. The number of rotatable bonds is 5. The van der Waals surface area contributed by atoms with Gasteiger partial charge in [-0.15, -0.1) is 0 Å². The van der Waals surface area contributed by atoms with E-state index in [9.17, 15) is 9.59 Å². The van der Waals surface area contributed by atoms with Gasteiger partial charge in [-0.3, -0.25) is 14.5 Å². The highest BCUT2D eigenvalue weighted by Crippen LogP contribution is 2.38. The first kappa shape index (κ1) is 20.2. The van der Waals surface area contributed by atoms with E-state index in [2.05, 4.69) is 15.5 Å². The van der Waals surface area contributed by atoms with Gasteiger partial charge in [0, 0.05) is 34.8 Å². The highest BCUT2D eigenvalue weighted by Gasteiger charge is 2.41. The van der Waals surface area contributed by atoms with Gasteiger partial charge in [0.15, 0.2) is 0 Å². The zero-order chi connectivity index (χ0) is 19.6. The molecule has 27 heavy (non-hydrogen) atoms. The molecule has 2 aliphatic heterocycles. The minimum absolute atomic E-state index is 0.0724. The zero-order valence-corrected chi connectivity index (χ0v) is 17.2.